The summed E-state index contributed by atoms with van der Waals surface area (Å²) in [7, 11) is 0. The zero-order chi connectivity index (χ0) is 8.15. The monoisotopic (exact) mass is 142 g/mol. The summed E-state index contributed by atoms with van der Waals surface area (Å²) in [6.45, 7) is 7.96. The van der Waals surface area contributed by atoms with Crippen LogP contribution in [0.2, 0.25) is 0 Å². The summed E-state index contributed by atoms with van der Waals surface area (Å²) < 4.78 is 12.0. The quantitative estimate of drug-likeness (QED) is 0.551. The maximum absolute atomic E-state index is 12.0. The van der Waals surface area contributed by atoms with Gasteiger partial charge in [-0.05, 0) is 18.9 Å². The third-order valence-corrected chi connectivity index (χ3v) is 1.20. The van der Waals surface area contributed by atoms with Crippen molar-refractivity contribution in [3.05, 3.63) is 24.6 Å². The van der Waals surface area contributed by atoms with Crippen molar-refractivity contribution in [2.24, 2.45) is 0 Å². The van der Waals surface area contributed by atoms with E-state index in [9.17, 15) is 9.18 Å². The molecule has 56 valence electrons. The largest absolute Gasteiger partial charge is 0.295 e. The average molecular weight is 142 g/mol. The van der Waals surface area contributed by atoms with E-state index in [4.69, 9.17) is 0 Å². The first kappa shape index (κ1) is 9.08. The van der Waals surface area contributed by atoms with Gasteiger partial charge < -0.3 is 0 Å². The van der Waals surface area contributed by atoms with Gasteiger partial charge in [0.1, 0.15) is 0 Å². The smallest absolute Gasteiger partial charge is 0.155 e. The van der Waals surface area contributed by atoms with Crippen LogP contribution >= 0.6 is 0 Å². The molecule has 0 saturated heterocycles. The summed E-state index contributed by atoms with van der Waals surface area (Å²) in [6.07, 6.45) is 0.586. The fourth-order valence-corrected chi connectivity index (χ4v) is 0.463. The number of hydrogen-bond donors (Lipinski definition) is 0. The molecule has 0 saturated carbocycles. The summed E-state index contributed by atoms with van der Waals surface area (Å²) in [4.78, 5) is 10.5. The van der Waals surface area contributed by atoms with Crippen LogP contribution in [0.3, 0.4) is 0 Å². The van der Waals surface area contributed by atoms with Crippen molar-refractivity contribution in [1.82, 2.24) is 0 Å². The van der Waals surface area contributed by atoms with E-state index in [1.54, 1.807) is 0 Å². The molecule has 0 aliphatic rings. The Labute approximate surface area is 60.2 Å². The van der Waals surface area contributed by atoms with Crippen molar-refractivity contribution in [1.29, 1.82) is 0 Å². The van der Waals surface area contributed by atoms with Gasteiger partial charge in [0.2, 0.25) is 0 Å². The first-order valence-electron chi connectivity index (χ1n) is 3.06. The first-order valence-corrected chi connectivity index (χ1v) is 3.06. The Morgan fingerprint density at radius 2 is 1.90 bits per heavy atom. The predicted molar refractivity (Wildman–Crippen MR) is 39.3 cm³/mol. The Kier molecular flexibility index (Phi) is 3.62. The molecule has 0 radical (unpaired) electrons. The molecule has 2 heteroatoms. The third-order valence-electron chi connectivity index (χ3n) is 1.20. The number of ketones is 1. The van der Waals surface area contributed by atoms with Crippen LogP contribution in [0.5, 0.6) is 0 Å². The van der Waals surface area contributed by atoms with Crippen molar-refractivity contribution >= 4 is 5.78 Å². The molecule has 0 aliphatic heterocycles. The molecule has 0 N–H and O–H groups in total. The molecule has 0 unspecified atom stereocenters. The molecule has 0 atom stereocenters. The van der Waals surface area contributed by atoms with Gasteiger partial charge in [-0.15, -0.1) is 0 Å². The Hall–Kier alpha value is -0.920. The minimum absolute atomic E-state index is 0.0822. The topological polar surface area (TPSA) is 17.1 Å². The lowest BCUT2D eigenvalue weighted by molar-refractivity contribution is -0.113. The van der Waals surface area contributed by atoms with Crippen molar-refractivity contribution in [2.75, 3.05) is 0 Å². The Morgan fingerprint density at radius 1 is 1.40 bits per heavy atom. The Bertz CT molecular complexity index is 170. The second-order valence-corrected chi connectivity index (χ2v) is 2.18. The molecule has 0 aliphatic carbocycles. The SMILES string of the molecule is C=C(F)CCC(=C)C(C)=O. The van der Waals surface area contributed by atoms with E-state index in [0.717, 1.165) is 0 Å². The van der Waals surface area contributed by atoms with E-state index in [1.165, 1.54) is 6.92 Å². The zero-order valence-electron chi connectivity index (χ0n) is 6.11. The van der Waals surface area contributed by atoms with Gasteiger partial charge in [-0.25, -0.2) is 4.39 Å². The van der Waals surface area contributed by atoms with Gasteiger partial charge in [-0.3, -0.25) is 4.79 Å². The molecular weight excluding hydrogens is 131 g/mol. The molecule has 0 aromatic rings. The van der Waals surface area contributed by atoms with Gasteiger partial charge in [0, 0.05) is 6.42 Å². The number of Topliss-reactive ketones (excluding diaryl/α,β-unsaturated/α-hetero) is 1. The molecule has 0 bridgehead atoms. The van der Waals surface area contributed by atoms with Gasteiger partial charge in [-0.2, -0.15) is 0 Å². The van der Waals surface area contributed by atoms with Crippen molar-refractivity contribution < 1.29 is 9.18 Å². The highest BCUT2D eigenvalue weighted by atomic mass is 19.1. The van der Waals surface area contributed by atoms with Crippen molar-refractivity contribution in [2.45, 2.75) is 19.8 Å². The third kappa shape index (κ3) is 4.01. The van der Waals surface area contributed by atoms with E-state index in [-0.39, 0.29) is 12.2 Å². The molecule has 1 nitrogen and oxygen atoms in total. The summed E-state index contributed by atoms with van der Waals surface area (Å²) in [5, 5.41) is 0. The summed E-state index contributed by atoms with van der Waals surface area (Å²) in [5.41, 5.74) is 0.457. The van der Waals surface area contributed by atoms with Gasteiger partial charge in [0.25, 0.3) is 0 Å². The maximum Gasteiger partial charge on any atom is 0.155 e. The fraction of sp³-hybridized carbons (Fsp3) is 0.375. The second kappa shape index (κ2) is 3.99. The van der Waals surface area contributed by atoms with Crippen LogP contribution in [-0.2, 0) is 4.79 Å². The van der Waals surface area contributed by atoms with Crippen LogP contribution in [0.25, 0.3) is 0 Å². The highest BCUT2D eigenvalue weighted by Crippen LogP contribution is 2.09. The summed E-state index contributed by atoms with van der Waals surface area (Å²) in [6, 6.07) is 0. The highest BCUT2D eigenvalue weighted by molar-refractivity contribution is 5.92. The van der Waals surface area contributed by atoms with Gasteiger partial charge in [0.15, 0.2) is 5.78 Å². The fourth-order valence-electron chi connectivity index (χ4n) is 0.463. The molecule has 0 rings (SSSR count). The zero-order valence-corrected chi connectivity index (χ0v) is 6.11. The minimum atomic E-state index is -0.401. The van der Waals surface area contributed by atoms with E-state index < -0.39 is 5.83 Å². The molecule has 0 amide bonds. The van der Waals surface area contributed by atoms with Gasteiger partial charge in [-0.1, -0.05) is 13.2 Å². The van der Waals surface area contributed by atoms with Crippen LogP contribution in [-0.4, -0.2) is 5.78 Å². The minimum Gasteiger partial charge on any atom is -0.295 e. The molecule has 0 fully saturated rings. The highest BCUT2D eigenvalue weighted by Gasteiger charge is 2.00. The lowest BCUT2D eigenvalue weighted by atomic mass is 10.1. The molecule has 0 spiro atoms. The maximum atomic E-state index is 12.0. The van der Waals surface area contributed by atoms with E-state index >= 15 is 0 Å². The lowest BCUT2D eigenvalue weighted by Crippen LogP contribution is -1.94. The number of allylic oxidation sites excluding steroid dienone is 2. The van der Waals surface area contributed by atoms with Crippen molar-refractivity contribution in [3.8, 4) is 0 Å². The summed E-state index contributed by atoms with van der Waals surface area (Å²) >= 11 is 0. The van der Waals surface area contributed by atoms with Crippen molar-refractivity contribution in [3.63, 3.8) is 0 Å². The molecular formula is C8H11FO. The van der Waals surface area contributed by atoms with Gasteiger partial charge in [0.05, 0.1) is 5.83 Å². The van der Waals surface area contributed by atoms with Crippen LogP contribution in [0.4, 0.5) is 4.39 Å². The predicted octanol–water partition coefficient (Wildman–Crippen LogP) is 2.40. The van der Waals surface area contributed by atoms with Crippen LogP contribution in [0, 0.1) is 0 Å². The van der Waals surface area contributed by atoms with Crippen LogP contribution < -0.4 is 0 Å². The normalized spacial score (nSPS) is 9.00. The molecule has 0 heterocycles. The molecule has 10 heavy (non-hydrogen) atoms. The molecule has 0 aromatic heterocycles. The molecule has 0 aromatic carbocycles. The van der Waals surface area contributed by atoms with E-state index in [0.29, 0.717) is 12.0 Å². The van der Waals surface area contributed by atoms with Gasteiger partial charge >= 0.3 is 0 Å². The van der Waals surface area contributed by atoms with Crippen LogP contribution in [0.1, 0.15) is 19.8 Å². The van der Waals surface area contributed by atoms with E-state index in [1.807, 2.05) is 0 Å². The number of hydrogen-bond acceptors (Lipinski definition) is 1. The van der Waals surface area contributed by atoms with E-state index in [2.05, 4.69) is 13.2 Å². The Morgan fingerprint density at radius 3 is 2.20 bits per heavy atom. The number of halogens is 1. The number of carbonyl (C=O) groups excluding carboxylic acids is 1. The number of rotatable bonds is 4. The average Bonchev–Trinajstić information content (AvgIpc) is 1.82. The van der Waals surface area contributed by atoms with Crippen LogP contribution in [0.15, 0.2) is 24.6 Å². The Balaban J connectivity index is 3.60. The lowest BCUT2D eigenvalue weighted by Gasteiger charge is -1.97. The standard InChI is InChI=1S/C8H11FO/c1-6(8(3)10)4-5-7(2)9/h1-2,4-5H2,3H3. The summed E-state index contributed by atoms with van der Waals surface area (Å²) in [5.74, 6) is -0.483. The first-order chi connectivity index (χ1) is 4.54. The second-order valence-electron chi connectivity index (χ2n) is 2.18. The number of carbonyl (C=O) groups is 1.